The van der Waals surface area contributed by atoms with E-state index in [0.29, 0.717) is 0 Å². The monoisotopic (exact) mass is 272 g/mol. The molecule has 0 atom stereocenters. The first kappa shape index (κ1) is 15.5. The lowest BCUT2D eigenvalue weighted by molar-refractivity contribution is -0.114. The lowest BCUT2D eigenvalue weighted by atomic mass is 10.2. The van der Waals surface area contributed by atoms with Crippen LogP contribution in [0.4, 0.5) is 0 Å². The van der Waals surface area contributed by atoms with Gasteiger partial charge in [0.15, 0.2) is 0 Å². The zero-order chi connectivity index (χ0) is 13.9. The van der Waals surface area contributed by atoms with Crippen LogP contribution in [0, 0.1) is 0 Å². The molecule has 0 aliphatic heterocycles. The second kappa shape index (κ2) is 9.40. The summed E-state index contributed by atoms with van der Waals surface area (Å²) in [4.78, 5) is 9.44. The van der Waals surface area contributed by atoms with Crippen molar-refractivity contribution >= 4 is 17.5 Å². The predicted molar refractivity (Wildman–Crippen MR) is 84.2 cm³/mol. The van der Waals surface area contributed by atoms with Gasteiger partial charge in [-0.25, -0.2) is 0 Å². The number of Topliss-reactive ketones (excluding diaryl/α,β-unsaturated/α-hetero) is 1. The lowest BCUT2D eigenvalue weighted by Gasteiger charge is -2.01. The summed E-state index contributed by atoms with van der Waals surface area (Å²) in [5.41, 5.74) is 2.80. The van der Waals surface area contributed by atoms with E-state index in [9.17, 15) is 4.79 Å². The molecule has 0 saturated heterocycles. The number of hydrogen-bond donors (Lipinski definition) is 0. The van der Waals surface area contributed by atoms with Gasteiger partial charge in [0, 0.05) is 11.5 Å². The molecule has 0 amide bonds. The van der Waals surface area contributed by atoms with Gasteiger partial charge in [-0.15, -0.1) is 0 Å². The molecule has 0 saturated carbocycles. The zero-order valence-corrected chi connectivity index (χ0v) is 12.3. The highest BCUT2D eigenvalue weighted by molar-refractivity contribution is 7.97. The second-order valence-corrected chi connectivity index (χ2v) is 5.36. The summed E-state index contributed by atoms with van der Waals surface area (Å²) in [6.45, 7) is 3.06. The van der Waals surface area contributed by atoms with Crippen LogP contribution in [0.1, 0.15) is 25.0 Å². The molecule has 1 nitrogen and oxygen atoms in total. The molecule has 2 rings (SSSR count). The quantitative estimate of drug-likeness (QED) is 0.801. The highest BCUT2D eigenvalue weighted by atomic mass is 32.2. The van der Waals surface area contributed by atoms with E-state index in [2.05, 4.69) is 60.7 Å². The van der Waals surface area contributed by atoms with E-state index in [1.54, 1.807) is 0 Å². The lowest BCUT2D eigenvalue weighted by Crippen LogP contribution is -1.82. The molecule has 0 aliphatic rings. The van der Waals surface area contributed by atoms with Gasteiger partial charge < -0.3 is 4.79 Å². The third-order valence-electron chi connectivity index (χ3n) is 2.22. The second-order valence-electron chi connectivity index (χ2n) is 4.37. The number of benzene rings is 2. The minimum absolute atomic E-state index is 0.167. The van der Waals surface area contributed by atoms with Crippen molar-refractivity contribution in [1.82, 2.24) is 0 Å². The van der Waals surface area contributed by atoms with E-state index in [-0.39, 0.29) is 5.78 Å². The highest BCUT2D eigenvalue weighted by Crippen LogP contribution is 2.17. The van der Waals surface area contributed by atoms with Crippen molar-refractivity contribution in [3.63, 3.8) is 0 Å². The molecule has 19 heavy (non-hydrogen) atoms. The van der Waals surface area contributed by atoms with Crippen LogP contribution in [0.15, 0.2) is 60.7 Å². The molecule has 0 spiro atoms. The number of thioether (sulfide) groups is 1. The minimum Gasteiger partial charge on any atom is -0.300 e. The van der Waals surface area contributed by atoms with E-state index in [0.717, 1.165) is 11.5 Å². The molecule has 2 heteroatoms. The molecule has 0 aromatic heterocycles. The Balaban J connectivity index is 0.000000399. The fourth-order valence-corrected chi connectivity index (χ4v) is 2.39. The zero-order valence-electron chi connectivity index (χ0n) is 11.5. The van der Waals surface area contributed by atoms with Gasteiger partial charge in [0.25, 0.3) is 0 Å². The largest absolute Gasteiger partial charge is 0.300 e. The summed E-state index contributed by atoms with van der Waals surface area (Å²) < 4.78 is 0. The fourth-order valence-electron chi connectivity index (χ4n) is 1.44. The number of carbonyl (C=O) groups is 1. The molecule has 2 aromatic carbocycles. The molecule has 0 fully saturated rings. The van der Waals surface area contributed by atoms with Gasteiger partial charge in [-0.2, -0.15) is 11.8 Å². The summed E-state index contributed by atoms with van der Waals surface area (Å²) in [7, 11) is 0. The SMILES string of the molecule is CC(C)=O.c1ccc(CSCc2ccccc2)cc1. The molecule has 0 radical (unpaired) electrons. The molecule has 0 aliphatic carbocycles. The maximum Gasteiger partial charge on any atom is 0.126 e. The Morgan fingerprint density at radius 2 is 1.11 bits per heavy atom. The van der Waals surface area contributed by atoms with Gasteiger partial charge in [0.2, 0.25) is 0 Å². The highest BCUT2D eigenvalue weighted by Gasteiger charge is 1.93. The van der Waals surface area contributed by atoms with Crippen molar-refractivity contribution in [2.45, 2.75) is 25.4 Å². The molecule has 2 aromatic rings. The average molecular weight is 272 g/mol. The summed E-state index contributed by atoms with van der Waals surface area (Å²) in [6, 6.07) is 21.2. The van der Waals surface area contributed by atoms with Crippen LogP contribution in [-0.2, 0) is 16.3 Å². The predicted octanol–water partition coefficient (Wildman–Crippen LogP) is 4.72. The maximum atomic E-state index is 9.44. The number of hydrogen-bond acceptors (Lipinski definition) is 2. The van der Waals surface area contributed by atoms with E-state index in [1.165, 1.54) is 25.0 Å². The molecular formula is C17H20OS. The van der Waals surface area contributed by atoms with Gasteiger partial charge in [-0.1, -0.05) is 60.7 Å². The molecule has 0 heterocycles. The van der Waals surface area contributed by atoms with Crippen molar-refractivity contribution < 1.29 is 4.79 Å². The topological polar surface area (TPSA) is 17.1 Å². The third kappa shape index (κ3) is 8.22. The average Bonchev–Trinajstić information content (AvgIpc) is 2.41. The van der Waals surface area contributed by atoms with Gasteiger partial charge in [-0.3, -0.25) is 0 Å². The normalized spacial score (nSPS) is 9.37. The molecule has 0 bridgehead atoms. The van der Waals surface area contributed by atoms with Gasteiger partial charge >= 0.3 is 0 Å². The molecular weight excluding hydrogens is 252 g/mol. The van der Waals surface area contributed by atoms with Crippen LogP contribution in [0.5, 0.6) is 0 Å². The van der Waals surface area contributed by atoms with E-state index < -0.39 is 0 Å². The van der Waals surface area contributed by atoms with Crippen LogP contribution in [-0.4, -0.2) is 5.78 Å². The first-order chi connectivity index (χ1) is 9.18. The van der Waals surface area contributed by atoms with Crippen molar-refractivity contribution in [2.75, 3.05) is 0 Å². The Hall–Kier alpha value is -1.54. The van der Waals surface area contributed by atoms with Gasteiger partial charge in [0.1, 0.15) is 5.78 Å². The van der Waals surface area contributed by atoms with Crippen LogP contribution < -0.4 is 0 Å². The van der Waals surface area contributed by atoms with Crippen molar-refractivity contribution in [1.29, 1.82) is 0 Å². The van der Waals surface area contributed by atoms with Crippen molar-refractivity contribution in [2.24, 2.45) is 0 Å². The Kier molecular flexibility index (Phi) is 7.68. The van der Waals surface area contributed by atoms with Crippen molar-refractivity contribution in [3.8, 4) is 0 Å². The van der Waals surface area contributed by atoms with Gasteiger partial charge in [0.05, 0.1) is 0 Å². The third-order valence-corrected chi connectivity index (χ3v) is 3.30. The summed E-state index contributed by atoms with van der Waals surface area (Å²) in [6.07, 6.45) is 0. The van der Waals surface area contributed by atoms with Crippen molar-refractivity contribution in [3.05, 3.63) is 71.8 Å². The number of carbonyl (C=O) groups excluding carboxylic acids is 1. The Bertz CT molecular complexity index is 422. The Morgan fingerprint density at radius 3 is 1.42 bits per heavy atom. The summed E-state index contributed by atoms with van der Waals surface area (Å²) in [5, 5.41) is 0. The summed E-state index contributed by atoms with van der Waals surface area (Å²) >= 11 is 1.96. The first-order valence-corrected chi connectivity index (χ1v) is 7.46. The molecule has 100 valence electrons. The Morgan fingerprint density at radius 1 is 0.789 bits per heavy atom. The smallest absolute Gasteiger partial charge is 0.126 e. The fraction of sp³-hybridized carbons (Fsp3) is 0.235. The summed E-state index contributed by atoms with van der Waals surface area (Å²) in [5.74, 6) is 2.35. The van der Waals surface area contributed by atoms with Gasteiger partial charge in [-0.05, 0) is 25.0 Å². The van der Waals surface area contributed by atoms with E-state index >= 15 is 0 Å². The molecule has 0 unspecified atom stereocenters. The first-order valence-electron chi connectivity index (χ1n) is 6.31. The van der Waals surface area contributed by atoms with E-state index in [1.807, 2.05) is 11.8 Å². The number of rotatable bonds is 4. The molecule has 0 N–H and O–H groups in total. The Labute approximate surface area is 120 Å². The maximum absolute atomic E-state index is 9.44. The standard InChI is InChI=1S/C14H14S.C3H6O/c1-3-7-13(8-4-1)11-15-12-14-9-5-2-6-10-14;1-3(2)4/h1-10H,11-12H2;1-2H3. The van der Waals surface area contributed by atoms with Crippen LogP contribution in [0.2, 0.25) is 0 Å². The van der Waals surface area contributed by atoms with Crippen LogP contribution >= 0.6 is 11.8 Å². The number of ketones is 1. The van der Waals surface area contributed by atoms with E-state index in [4.69, 9.17) is 0 Å². The minimum atomic E-state index is 0.167. The van der Waals surface area contributed by atoms with Crippen LogP contribution in [0.25, 0.3) is 0 Å². The van der Waals surface area contributed by atoms with Crippen LogP contribution in [0.3, 0.4) is 0 Å².